The van der Waals surface area contributed by atoms with Crippen LogP contribution in [0.15, 0.2) is 46.9 Å². The summed E-state index contributed by atoms with van der Waals surface area (Å²) in [5, 5.41) is 0. The highest BCUT2D eigenvalue weighted by Crippen LogP contribution is 2.36. The van der Waals surface area contributed by atoms with Crippen LogP contribution in [0.25, 0.3) is 0 Å². The molecule has 0 spiro atoms. The molecule has 20 heavy (non-hydrogen) atoms. The molecule has 4 nitrogen and oxygen atoms in total. The normalized spacial score (nSPS) is 12.7. The van der Waals surface area contributed by atoms with Crippen LogP contribution in [0.4, 0.5) is 0 Å². The van der Waals surface area contributed by atoms with Crippen molar-refractivity contribution in [3.63, 3.8) is 0 Å². The van der Waals surface area contributed by atoms with E-state index in [1.165, 1.54) is 0 Å². The summed E-state index contributed by atoms with van der Waals surface area (Å²) in [5.74, 6) is 1.54. The van der Waals surface area contributed by atoms with Crippen LogP contribution in [0.2, 0.25) is 0 Å². The van der Waals surface area contributed by atoms with Crippen LogP contribution in [-0.4, -0.2) is 6.79 Å². The molecule has 0 aliphatic carbocycles. The Kier molecular flexibility index (Phi) is 4.20. The van der Waals surface area contributed by atoms with Gasteiger partial charge in [-0.2, -0.15) is 5.48 Å². The lowest BCUT2D eigenvalue weighted by molar-refractivity contribution is 0.0234. The van der Waals surface area contributed by atoms with Gasteiger partial charge in [-0.05, 0) is 23.3 Å². The summed E-state index contributed by atoms with van der Waals surface area (Å²) < 4.78 is 11.6. The molecule has 1 aliphatic heterocycles. The Labute approximate surface area is 125 Å². The Balaban J connectivity index is 1.54. The second kappa shape index (κ2) is 6.26. The van der Waals surface area contributed by atoms with Crippen LogP contribution >= 0.6 is 15.9 Å². The largest absolute Gasteiger partial charge is 0.454 e. The summed E-state index contributed by atoms with van der Waals surface area (Å²) in [6, 6.07) is 13.9. The predicted molar refractivity (Wildman–Crippen MR) is 78.3 cm³/mol. The maximum absolute atomic E-state index is 5.46. The Morgan fingerprint density at radius 3 is 2.65 bits per heavy atom. The number of hydrogen-bond donors (Lipinski definition) is 1. The predicted octanol–water partition coefficient (Wildman–Crippen LogP) is 3.40. The van der Waals surface area contributed by atoms with E-state index in [1.54, 1.807) is 0 Å². The SMILES string of the molecule is Brc1cc2c(cc1CNOCc1ccccc1)OCO2. The zero-order valence-electron chi connectivity index (χ0n) is 10.8. The number of ether oxygens (including phenoxy) is 2. The molecular weight excluding hydrogens is 322 g/mol. The Bertz CT molecular complexity index is 589. The summed E-state index contributed by atoms with van der Waals surface area (Å²) in [6.45, 7) is 1.40. The second-order valence-electron chi connectivity index (χ2n) is 4.39. The minimum Gasteiger partial charge on any atom is -0.454 e. The van der Waals surface area contributed by atoms with Crippen molar-refractivity contribution in [2.24, 2.45) is 0 Å². The van der Waals surface area contributed by atoms with Crippen LogP contribution in [0.5, 0.6) is 11.5 Å². The third-order valence-electron chi connectivity index (χ3n) is 2.99. The molecule has 5 heteroatoms. The zero-order valence-corrected chi connectivity index (χ0v) is 12.4. The van der Waals surface area contributed by atoms with Gasteiger partial charge in [0.2, 0.25) is 6.79 Å². The van der Waals surface area contributed by atoms with Gasteiger partial charge in [-0.3, -0.25) is 4.84 Å². The Hall–Kier alpha value is -1.56. The van der Waals surface area contributed by atoms with Crippen LogP contribution in [0.3, 0.4) is 0 Å². The van der Waals surface area contributed by atoms with Crippen molar-refractivity contribution in [3.8, 4) is 11.5 Å². The van der Waals surface area contributed by atoms with Crippen LogP contribution in [-0.2, 0) is 18.0 Å². The molecule has 0 aromatic heterocycles. The lowest BCUT2D eigenvalue weighted by atomic mass is 10.2. The van der Waals surface area contributed by atoms with E-state index in [4.69, 9.17) is 14.3 Å². The van der Waals surface area contributed by atoms with Crippen molar-refractivity contribution in [1.82, 2.24) is 5.48 Å². The van der Waals surface area contributed by atoms with Crippen LogP contribution < -0.4 is 15.0 Å². The maximum atomic E-state index is 5.46. The number of hydroxylamine groups is 1. The van der Waals surface area contributed by atoms with E-state index in [0.717, 1.165) is 27.1 Å². The molecule has 0 fully saturated rings. The minimum absolute atomic E-state index is 0.281. The molecule has 104 valence electrons. The number of benzene rings is 2. The molecule has 1 heterocycles. The van der Waals surface area contributed by atoms with Gasteiger partial charge < -0.3 is 9.47 Å². The van der Waals surface area contributed by atoms with Crippen molar-refractivity contribution < 1.29 is 14.3 Å². The van der Waals surface area contributed by atoms with Crippen molar-refractivity contribution in [2.45, 2.75) is 13.2 Å². The van der Waals surface area contributed by atoms with E-state index in [1.807, 2.05) is 42.5 Å². The van der Waals surface area contributed by atoms with Gasteiger partial charge in [0.15, 0.2) is 11.5 Å². The minimum atomic E-state index is 0.281. The summed E-state index contributed by atoms with van der Waals surface area (Å²) in [5.41, 5.74) is 5.14. The molecule has 1 N–H and O–H groups in total. The molecular formula is C15H14BrNO3. The number of halogens is 1. The quantitative estimate of drug-likeness (QED) is 0.671. The standard InChI is InChI=1S/C15H14BrNO3/c16-13-7-15-14(18-10-19-15)6-12(13)8-17-20-9-11-4-2-1-3-5-11/h1-7,17H,8-10H2. The van der Waals surface area contributed by atoms with E-state index in [9.17, 15) is 0 Å². The molecule has 2 aromatic carbocycles. The number of rotatable bonds is 5. The third kappa shape index (κ3) is 3.12. The van der Waals surface area contributed by atoms with E-state index in [2.05, 4.69) is 21.4 Å². The molecule has 0 atom stereocenters. The first-order chi connectivity index (χ1) is 9.83. The van der Waals surface area contributed by atoms with E-state index in [-0.39, 0.29) is 6.79 Å². The first-order valence-corrected chi connectivity index (χ1v) is 7.09. The molecule has 0 saturated heterocycles. The van der Waals surface area contributed by atoms with Gasteiger partial charge in [0.25, 0.3) is 0 Å². The number of fused-ring (bicyclic) bond motifs is 1. The third-order valence-corrected chi connectivity index (χ3v) is 3.73. The molecule has 0 amide bonds. The molecule has 3 rings (SSSR count). The van der Waals surface area contributed by atoms with Gasteiger partial charge in [-0.15, -0.1) is 0 Å². The smallest absolute Gasteiger partial charge is 0.231 e. The van der Waals surface area contributed by atoms with Crippen molar-refractivity contribution in [3.05, 3.63) is 58.1 Å². The highest BCUT2D eigenvalue weighted by molar-refractivity contribution is 9.10. The lowest BCUT2D eigenvalue weighted by Gasteiger charge is -2.08. The summed E-state index contributed by atoms with van der Waals surface area (Å²) >= 11 is 3.52. The summed E-state index contributed by atoms with van der Waals surface area (Å²) in [7, 11) is 0. The van der Waals surface area contributed by atoms with Gasteiger partial charge >= 0.3 is 0 Å². The van der Waals surface area contributed by atoms with Gasteiger partial charge in [0.05, 0.1) is 6.61 Å². The zero-order chi connectivity index (χ0) is 13.8. The molecule has 0 unspecified atom stereocenters. The molecule has 1 aliphatic rings. The van der Waals surface area contributed by atoms with Gasteiger partial charge in [-0.25, -0.2) is 0 Å². The summed E-state index contributed by atoms with van der Waals surface area (Å²) in [6.07, 6.45) is 0. The molecule has 0 bridgehead atoms. The second-order valence-corrected chi connectivity index (χ2v) is 5.25. The fourth-order valence-electron chi connectivity index (χ4n) is 1.93. The Morgan fingerprint density at radius 2 is 1.85 bits per heavy atom. The number of hydrogen-bond acceptors (Lipinski definition) is 4. The fraction of sp³-hybridized carbons (Fsp3) is 0.200. The molecule has 0 saturated carbocycles. The van der Waals surface area contributed by atoms with Crippen LogP contribution in [0, 0.1) is 0 Å². The first kappa shape index (κ1) is 13.4. The first-order valence-electron chi connectivity index (χ1n) is 6.29. The molecule has 2 aromatic rings. The average molecular weight is 336 g/mol. The van der Waals surface area contributed by atoms with Crippen molar-refractivity contribution in [2.75, 3.05) is 6.79 Å². The van der Waals surface area contributed by atoms with Crippen molar-refractivity contribution in [1.29, 1.82) is 0 Å². The van der Waals surface area contributed by atoms with Gasteiger partial charge in [0.1, 0.15) is 0 Å². The number of nitrogens with one attached hydrogen (secondary N) is 1. The van der Waals surface area contributed by atoms with E-state index in [0.29, 0.717) is 13.2 Å². The highest BCUT2D eigenvalue weighted by atomic mass is 79.9. The molecule has 0 radical (unpaired) electrons. The monoisotopic (exact) mass is 335 g/mol. The highest BCUT2D eigenvalue weighted by Gasteiger charge is 2.15. The van der Waals surface area contributed by atoms with Gasteiger partial charge in [0, 0.05) is 11.0 Å². The fourth-order valence-corrected chi connectivity index (χ4v) is 2.39. The van der Waals surface area contributed by atoms with E-state index < -0.39 is 0 Å². The lowest BCUT2D eigenvalue weighted by Crippen LogP contribution is -2.14. The Morgan fingerprint density at radius 1 is 1.10 bits per heavy atom. The van der Waals surface area contributed by atoms with Crippen LogP contribution in [0.1, 0.15) is 11.1 Å². The van der Waals surface area contributed by atoms with Gasteiger partial charge in [-0.1, -0.05) is 46.3 Å². The topological polar surface area (TPSA) is 39.7 Å². The summed E-state index contributed by atoms with van der Waals surface area (Å²) in [4.78, 5) is 5.46. The average Bonchev–Trinajstić information content (AvgIpc) is 2.91. The maximum Gasteiger partial charge on any atom is 0.231 e. The van der Waals surface area contributed by atoms with Crippen molar-refractivity contribution >= 4 is 15.9 Å². The van der Waals surface area contributed by atoms with E-state index >= 15 is 0 Å².